The van der Waals surface area contributed by atoms with Crippen LogP contribution in [0.5, 0.6) is 0 Å². The molecular weight excluding hydrogens is 321 g/mol. The molecule has 0 saturated heterocycles. The molecule has 7 nitrogen and oxygen atoms in total. The molecule has 2 atom stereocenters. The molecule has 0 aromatic heterocycles. The number of hydrogen-bond donors (Lipinski definition) is 2. The summed E-state index contributed by atoms with van der Waals surface area (Å²) in [6.45, 7) is 5.61. The number of aliphatic carboxylic acids is 1. The Morgan fingerprint density at radius 3 is 2.00 bits per heavy atom. The predicted molar refractivity (Wildman–Crippen MR) is 85.5 cm³/mol. The minimum absolute atomic E-state index is 0. The van der Waals surface area contributed by atoms with Gasteiger partial charge in [0.15, 0.2) is 6.67 Å². The van der Waals surface area contributed by atoms with Crippen LogP contribution in [0, 0.1) is 17.3 Å². The molecule has 0 radical (unpaired) electrons. The van der Waals surface area contributed by atoms with Gasteiger partial charge in [0.2, 0.25) is 11.8 Å². The van der Waals surface area contributed by atoms with Crippen LogP contribution in [-0.2, 0) is 14.4 Å². The van der Waals surface area contributed by atoms with Crippen molar-refractivity contribution in [2.45, 2.75) is 40.0 Å². The molecule has 0 aliphatic rings. The summed E-state index contributed by atoms with van der Waals surface area (Å²) in [6, 6.07) is 0. The summed E-state index contributed by atoms with van der Waals surface area (Å²) in [4.78, 5) is 35.1. The third kappa shape index (κ3) is 9.61. The van der Waals surface area contributed by atoms with Crippen LogP contribution >= 0.6 is 0 Å². The fourth-order valence-electron chi connectivity index (χ4n) is 2.35. The molecule has 2 unspecified atom stereocenters. The predicted octanol–water partition coefficient (Wildman–Crippen LogP) is -3.55. The first-order chi connectivity index (χ1) is 10.3. The van der Waals surface area contributed by atoms with E-state index in [0.29, 0.717) is 17.6 Å². The van der Waals surface area contributed by atoms with E-state index < -0.39 is 29.1 Å². The van der Waals surface area contributed by atoms with E-state index in [0.717, 1.165) is 0 Å². The Kier molecular flexibility index (Phi) is 11.1. The first kappa shape index (κ1) is 25.6. The third-order valence-corrected chi connectivity index (χ3v) is 3.88. The van der Waals surface area contributed by atoms with Crippen molar-refractivity contribution in [1.82, 2.24) is 5.32 Å². The van der Waals surface area contributed by atoms with E-state index >= 15 is 0 Å². The van der Waals surface area contributed by atoms with Gasteiger partial charge in [-0.25, -0.2) is 0 Å². The maximum Gasteiger partial charge on any atom is 1.00 e. The van der Waals surface area contributed by atoms with Gasteiger partial charge in [0.05, 0.1) is 21.1 Å². The van der Waals surface area contributed by atoms with Crippen LogP contribution in [0.25, 0.3) is 0 Å². The van der Waals surface area contributed by atoms with Gasteiger partial charge in [-0.1, -0.05) is 20.8 Å². The first-order valence-electron chi connectivity index (χ1n) is 7.89. The van der Waals surface area contributed by atoms with E-state index in [1.807, 2.05) is 21.1 Å². The minimum atomic E-state index is -1.25. The molecule has 0 aromatic carbocycles. The van der Waals surface area contributed by atoms with Crippen molar-refractivity contribution in [3.05, 3.63) is 0 Å². The second kappa shape index (κ2) is 10.4. The van der Waals surface area contributed by atoms with Crippen molar-refractivity contribution in [2.24, 2.45) is 23.0 Å². The van der Waals surface area contributed by atoms with Gasteiger partial charge < -0.3 is 25.4 Å². The van der Waals surface area contributed by atoms with E-state index in [9.17, 15) is 19.5 Å². The Bertz CT molecular complexity index is 447. The molecule has 0 aliphatic heterocycles. The topological polar surface area (TPSA) is 112 Å². The molecular formula is C16H31N3NaO4+. The van der Waals surface area contributed by atoms with Crippen molar-refractivity contribution in [1.29, 1.82) is 0 Å². The quantitative estimate of drug-likeness (QED) is 0.241. The zero-order valence-electron chi connectivity index (χ0n) is 16.1. The second-order valence-corrected chi connectivity index (χ2v) is 7.80. The monoisotopic (exact) mass is 352 g/mol. The summed E-state index contributed by atoms with van der Waals surface area (Å²) in [5.74, 6) is -3.41. The van der Waals surface area contributed by atoms with Gasteiger partial charge in [0, 0.05) is 23.2 Å². The molecule has 0 spiro atoms. The number of nitrogens with zero attached hydrogens (tertiary/aromatic N) is 1. The van der Waals surface area contributed by atoms with Crippen molar-refractivity contribution >= 4 is 17.8 Å². The molecule has 24 heavy (non-hydrogen) atoms. The first-order valence-corrected chi connectivity index (χ1v) is 7.89. The second-order valence-electron chi connectivity index (χ2n) is 7.80. The van der Waals surface area contributed by atoms with Gasteiger partial charge in [-0.3, -0.25) is 9.59 Å². The number of carboxylic acids is 1. The maximum atomic E-state index is 12.3. The van der Waals surface area contributed by atoms with Crippen LogP contribution in [0.1, 0.15) is 40.0 Å². The van der Waals surface area contributed by atoms with Gasteiger partial charge in [0.25, 0.3) is 0 Å². The van der Waals surface area contributed by atoms with Crippen LogP contribution in [0.4, 0.5) is 0 Å². The van der Waals surface area contributed by atoms with E-state index in [-0.39, 0.29) is 48.3 Å². The summed E-state index contributed by atoms with van der Waals surface area (Å²) in [5.41, 5.74) is 4.40. The van der Waals surface area contributed by atoms with E-state index in [1.165, 1.54) is 0 Å². The Morgan fingerprint density at radius 1 is 1.17 bits per heavy atom. The number of carbonyl (C=O) groups is 3. The molecule has 134 valence electrons. The van der Waals surface area contributed by atoms with Crippen molar-refractivity contribution in [3.63, 3.8) is 0 Å². The number of carbonyl (C=O) groups excluding carboxylic acids is 3. The summed E-state index contributed by atoms with van der Waals surface area (Å²) in [6.07, 6.45) is 0.662. The normalized spacial score (nSPS) is 14.2. The SMILES string of the molecule is CCC(CC(CC(C)(C)C(=O)NC[N+](C)(C)C)C(=O)[O-])C(N)=O.[Na+]. The molecule has 0 rings (SSSR count). The van der Waals surface area contributed by atoms with Crippen LogP contribution in [0.3, 0.4) is 0 Å². The fraction of sp³-hybridized carbons (Fsp3) is 0.812. The molecule has 0 saturated carbocycles. The summed E-state index contributed by atoms with van der Waals surface area (Å²) >= 11 is 0. The molecule has 2 amide bonds. The van der Waals surface area contributed by atoms with E-state index in [1.54, 1.807) is 20.8 Å². The number of hydrogen-bond acceptors (Lipinski definition) is 4. The largest absolute Gasteiger partial charge is 1.00 e. The number of quaternary nitrogens is 1. The Morgan fingerprint density at radius 2 is 1.67 bits per heavy atom. The van der Waals surface area contributed by atoms with Crippen molar-refractivity contribution in [2.75, 3.05) is 27.8 Å². The van der Waals surface area contributed by atoms with E-state index in [4.69, 9.17) is 5.73 Å². The van der Waals surface area contributed by atoms with Gasteiger partial charge in [-0.05, 0) is 19.3 Å². The van der Waals surface area contributed by atoms with Crippen molar-refractivity contribution < 1.29 is 53.5 Å². The number of nitrogens with two attached hydrogens (primary N) is 1. The minimum Gasteiger partial charge on any atom is -0.550 e. The average molecular weight is 352 g/mol. The molecule has 0 aliphatic carbocycles. The zero-order chi connectivity index (χ0) is 18.4. The number of nitrogens with one attached hydrogen (secondary N) is 1. The van der Waals surface area contributed by atoms with E-state index in [2.05, 4.69) is 5.32 Å². The van der Waals surface area contributed by atoms with Crippen LogP contribution in [-0.4, -0.2) is 50.1 Å². The fourth-order valence-corrected chi connectivity index (χ4v) is 2.35. The number of carboxylic acid groups (broad SMARTS) is 1. The third-order valence-electron chi connectivity index (χ3n) is 3.88. The Balaban J connectivity index is 0. The van der Waals surface area contributed by atoms with Gasteiger partial charge in [-0.15, -0.1) is 0 Å². The number of primary amides is 1. The van der Waals surface area contributed by atoms with Gasteiger partial charge in [0.1, 0.15) is 0 Å². The summed E-state index contributed by atoms with van der Waals surface area (Å²) in [7, 11) is 5.82. The van der Waals surface area contributed by atoms with Crippen LogP contribution in [0.2, 0.25) is 0 Å². The number of amides is 2. The molecule has 0 heterocycles. The van der Waals surface area contributed by atoms with Crippen molar-refractivity contribution in [3.8, 4) is 0 Å². The standard InChI is InChI=1S/C16H31N3O4.Na/c1-7-11(13(17)20)8-12(14(21)22)9-16(2,3)15(23)18-10-19(4,5)6;/h11-12H,7-10H2,1-6H3,(H3-,17,18,20,21,22,23);/q;+1. The van der Waals surface area contributed by atoms with Gasteiger partial charge >= 0.3 is 29.6 Å². The van der Waals surface area contributed by atoms with Crippen LogP contribution < -0.4 is 45.7 Å². The summed E-state index contributed by atoms with van der Waals surface area (Å²) in [5, 5.41) is 14.2. The molecule has 0 aromatic rings. The maximum absolute atomic E-state index is 12.3. The average Bonchev–Trinajstić information content (AvgIpc) is 2.38. The Hall–Kier alpha value is -0.630. The zero-order valence-corrected chi connectivity index (χ0v) is 18.1. The Labute approximate surface area is 167 Å². The smallest absolute Gasteiger partial charge is 0.550 e. The molecule has 0 bridgehead atoms. The number of rotatable bonds is 10. The van der Waals surface area contributed by atoms with Gasteiger partial charge in [-0.2, -0.15) is 0 Å². The molecule has 8 heteroatoms. The molecule has 3 N–H and O–H groups in total. The van der Waals surface area contributed by atoms with Crippen LogP contribution in [0.15, 0.2) is 0 Å². The molecule has 0 fully saturated rings. The summed E-state index contributed by atoms with van der Waals surface area (Å²) < 4.78 is 0.561.